The summed E-state index contributed by atoms with van der Waals surface area (Å²) in [4.78, 5) is 39.8. The van der Waals surface area contributed by atoms with E-state index in [1.165, 1.54) is 12.0 Å². The van der Waals surface area contributed by atoms with Crippen LogP contribution in [-0.2, 0) is 14.3 Å². The first-order valence-corrected chi connectivity index (χ1v) is 9.38. The summed E-state index contributed by atoms with van der Waals surface area (Å²) >= 11 is 0. The van der Waals surface area contributed by atoms with Crippen LogP contribution < -0.4 is 15.0 Å². The zero-order chi connectivity index (χ0) is 19.7. The van der Waals surface area contributed by atoms with Gasteiger partial charge in [0.2, 0.25) is 5.91 Å². The molecule has 0 aromatic heterocycles. The van der Waals surface area contributed by atoms with Crippen LogP contribution in [0.4, 0.5) is 10.5 Å². The van der Waals surface area contributed by atoms with Gasteiger partial charge in [-0.15, -0.1) is 0 Å². The molecule has 150 valence electrons. The van der Waals surface area contributed by atoms with Crippen LogP contribution in [0.3, 0.4) is 0 Å². The predicted molar refractivity (Wildman–Crippen MR) is 98.3 cm³/mol. The molecule has 1 spiro atoms. The predicted octanol–water partition coefficient (Wildman–Crippen LogP) is 1.12. The number of nitrogens with zero attached hydrogens (tertiary/aromatic N) is 2. The summed E-state index contributed by atoms with van der Waals surface area (Å²) in [6.45, 7) is 2.50. The molecule has 3 aliphatic rings. The number of urea groups is 1. The van der Waals surface area contributed by atoms with Crippen LogP contribution in [0.2, 0.25) is 0 Å². The molecule has 1 aromatic rings. The molecule has 3 fully saturated rings. The summed E-state index contributed by atoms with van der Waals surface area (Å²) in [7, 11) is 1.50. The SMILES string of the molecule is COc1ccc(C(=O)N2CCC3(CC2)OCCO3)cc1N1CCC(=O)NC1=O. The quantitative estimate of drug-likeness (QED) is 0.832. The first-order valence-electron chi connectivity index (χ1n) is 9.38. The fraction of sp³-hybridized carbons (Fsp3) is 0.526. The highest BCUT2D eigenvalue weighted by Crippen LogP contribution is 2.34. The van der Waals surface area contributed by atoms with Crippen molar-refractivity contribution in [3.05, 3.63) is 23.8 Å². The number of benzene rings is 1. The minimum atomic E-state index is -0.541. The number of ether oxygens (including phenoxy) is 3. The van der Waals surface area contributed by atoms with Gasteiger partial charge in [0.05, 0.1) is 26.0 Å². The second-order valence-electron chi connectivity index (χ2n) is 7.04. The van der Waals surface area contributed by atoms with E-state index in [-0.39, 0.29) is 24.8 Å². The van der Waals surface area contributed by atoms with Crippen LogP contribution in [0.25, 0.3) is 0 Å². The lowest BCUT2D eigenvalue weighted by molar-refractivity contribution is -0.181. The van der Waals surface area contributed by atoms with Crippen LogP contribution in [0, 0.1) is 0 Å². The van der Waals surface area contributed by atoms with Gasteiger partial charge < -0.3 is 19.1 Å². The fourth-order valence-electron chi connectivity index (χ4n) is 3.85. The first-order chi connectivity index (χ1) is 13.5. The molecule has 9 heteroatoms. The van der Waals surface area contributed by atoms with E-state index in [1.54, 1.807) is 23.1 Å². The van der Waals surface area contributed by atoms with Gasteiger partial charge in [-0.3, -0.25) is 19.8 Å². The molecular weight excluding hydrogens is 366 g/mol. The number of nitrogens with one attached hydrogen (secondary N) is 1. The Morgan fingerprint density at radius 3 is 2.50 bits per heavy atom. The monoisotopic (exact) mass is 389 g/mol. The third-order valence-corrected chi connectivity index (χ3v) is 5.40. The zero-order valence-corrected chi connectivity index (χ0v) is 15.7. The van der Waals surface area contributed by atoms with Crippen molar-refractivity contribution >= 4 is 23.5 Å². The van der Waals surface area contributed by atoms with E-state index >= 15 is 0 Å². The van der Waals surface area contributed by atoms with Crippen LogP contribution >= 0.6 is 0 Å². The molecule has 4 rings (SSSR count). The highest BCUT2D eigenvalue weighted by molar-refractivity contribution is 6.07. The molecule has 0 aliphatic carbocycles. The van der Waals surface area contributed by atoms with Crippen molar-refractivity contribution in [1.29, 1.82) is 0 Å². The summed E-state index contributed by atoms with van der Waals surface area (Å²) in [5.74, 6) is -0.511. The van der Waals surface area contributed by atoms with E-state index < -0.39 is 11.8 Å². The lowest BCUT2D eigenvalue weighted by Gasteiger charge is -2.37. The van der Waals surface area contributed by atoms with Gasteiger partial charge in [0, 0.05) is 44.5 Å². The summed E-state index contributed by atoms with van der Waals surface area (Å²) in [5.41, 5.74) is 0.930. The number of likely N-dealkylation sites (tertiary alicyclic amines) is 1. The molecule has 1 N–H and O–H groups in total. The number of methoxy groups -OCH3 is 1. The van der Waals surface area contributed by atoms with Gasteiger partial charge in [-0.25, -0.2) is 4.79 Å². The molecule has 0 unspecified atom stereocenters. The van der Waals surface area contributed by atoms with Gasteiger partial charge >= 0.3 is 6.03 Å². The smallest absolute Gasteiger partial charge is 0.328 e. The molecule has 4 amide bonds. The van der Waals surface area contributed by atoms with Gasteiger partial charge in [-0.1, -0.05) is 0 Å². The Morgan fingerprint density at radius 2 is 1.86 bits per heavy atom. The highest BCUT2D eigenvalue weighted by Gasteiger charge is 2.41. The van der Waals surface area contributed by atoms with E-state index in [4.69, 9.17) is 14.2 Å². The van der Waals surface area contributed by atoms with Crippen molar-refractivity contribution in [2.75, 3.05) is 44.9 Å². The maximum Gasteiger partial charge on any atom is 0.328 e. The third kappa shape index (κ3) is 3.43. The molecule has 1 aromatic carbocycles. The Balaban J connectivity index is 1.52. The van der Waals surface area contributed by atoms with Crippen molar-refractivity contribution < 1.29 is 28.6 Å². The maximum atomic E-state index is 13.0. The number of rotatable bonds is 3. The Kier molecular flexibility index (Phi) is 4.94. The number of carbonyl (C=O) groups excluding carboxylic acids is 3. The first kappa shape index (κ1) is 18.7. The van der Waals surface area contributed by atoms with Gasteiger partial charge in [-0.05, 0) is 18.2 Å². The number of anilines is 1. The van der Waals surface area contributed by atoms with Crippen LogP contribution in [0.1, 0.15) is 29.6 Å². The molecule has 28 heavy (non-hydrogen) atoms. The lowest BCUT2D eigenvalue weighted by Crippen LogP contribution is -2.50. The average Bonchev–Trinajstić information content (AvgIpc) is 3.15. The third-order valence-electron chi connectivity index (χ3n) is 5.40. The normalized spacial score (nSPS) is 21.8. The largest absolute Gasteiger partial charge is 0.495 e. The summed E-state index contributed by atoms with van der Waals surface area (Å²) < 4.78 is 16.8. The summed E-state index contributed by atoms with van der Waals surface area (Å²) in [6, 6.07) is 4.48. The molecule has 0 radical (unpaired) electrons. The molecule has 0 saturated carbocycles. The number of hydrogen-bond donors (Lipinski definition) is 1. The van der Waals surface area contributed by atoms with Crippen molar-refractivity contribution in [3.63, 3.8) is 0 Å². The molecule has 9 nitrogen and oxygen atoms in total. The van der Waals surface area contributed by atoms with Gasteiger partial charge in [0.15, 0.2) is 5.79 Å². The van der Waals surface area contributed by atoms with Crippen LogP contribution in [-0.4, -0.2) is 68.5 Å². The lowest BCUT2D eigenvalue weighted by atomic mass is 10.0. The summed E-state index contributed by atoms with van der Waals surface area (Å²) in [6.07, 6.45) is 1.47. The molecular formula is C19H23N3O6. The van der Waals surface area contributed by atoms with Gasteiger partial charge in [-0.2, -0.15) is 0 Å². The topological polar surface area (TPSA) is 97.4 Å². The van der Waals surface area contributed by atoms with Crippen molar-refractivity contribution in [2.45, 2.75) is 25.0 Å². The van der Waals surface area contributed by atoms with E-state index in [9.17, 15) is 14.4 Å². The van der Waals surface area contributed by atoms with Crippen LogP contribution in [0.15, 0.2) is 18.2 Å². The average molecular weight is 389 g/mol. The standard InChI is InChI=1S/C19H23N3O6/c1-26-15-3-2-13(12-14(15)22-7-4-16(23)20-18(22)25)17(24)21-8-5-19(6-9-21)27-10-11-28-19/h2-3,12H,4-11H2,1H3,(H,20,23,25). The van der Waals surface area contributed by atoms with Crippen molar-refractivity contribution in [2.24, 2.45) is 0 Å². The minimum absolute atomic E-state index is 0.120. The van der Waals surface area contributed by atoms with Crippen LogP contribution in [0.5, 0.6) is 5.75 Å². The second kappa shape index (κ2) is 7.40. The van der Waals surface area contributed by atoms with Crippen molar-refractivity contribution in [1.82, 2.24) is 10.2 Å². The Labute approximate surface area is 162 Å². The highest BCUT2D eigenvalue weighted by atomic mass is 16.7. The number of hydrogen-bond acceptors (Lipinski definition) is 6. The molecule has 3 heterocycles. The Morgan fingerprint density at radius 1 is 1.14 bits per heavy atom. The molecule has 0 bridgehead atoms. The van der Waals surface area contributed by atoms with E-state index in [2.05, 4.69) is 5.32 Å². The van der Waals surface area contributed by atoms with Crippen molar-refractivity contribution in [3.8, 4) is 5.75 Å². The van der Waals surface area contributed by atoms with Gasteiger partial charge in [0.25, 0.3) is 5.91 Å². The number of carbonyl (C=O) groups is 3. The molecule has 0 atom stereocenters. The second-order valence-corrected chi connectivity index (χ2v) is 7.04. The number of amides is 4. The minimum Gasteiger partial charge on any atom is -0.495 e. The number of imide groups is 1. The Hall–Kier alpha value is -2.65. The van der Waals surface area contributed by atoms with E-state index in [0.29, 0.717) is 56.1 Å². The maximum absolute atomic E-state index is 13.0. The van der Waals surface area contributed by atoms with E-state index in [1.807, 2.05) is 0 Å². The number of piperidine rings is 1. The molecule has 3 saturated heterocycles. The van der Waals surface area contributed by atoms with Gasteiger partial charge in [0.1, 0.15) is 5.75 Å². The Bertz CT molecular complexity index is 795. The molecule has 3 aliphatic heterocycles. The summed E-state index contributed by atoms with van der Waals surface area (Å²) in [5, 5.41) is 2.29. The van der Waals surface area contributed by atoms with E-state index in [0.717, 1.165) is 0 Å². The zero-order valence-electron chi connectivity index (χ0n) is 15.7. The fourth-order valence-corrected chi connectivity index (χ4v) is 3.85.